The molecule has 8 heteroatoms. The zero-order chi connectivity index (χ0) is 35.8. The van der Waals surface area contributed by atoms with E-state index in [1.807, 2.05) is 72.5 Å². The summed E-state index contributed by atoms with van der Waals surface area (Å²) in [7, 11) is 0. The number of fused-ring (bicyclic) bond motifs is 1. The van der Waals surface area contributed by atoms with Gasteiger partial charge in [0.1, 0.15) is 11.6 Å². The van der Waals surface area contributed by atoms with Gasteiger partial charge in [0, 0.05) is 24.3 Å². The van der Waals surface area contributed by atoms with Gasteiger partial charge in [0.25, 0.3) is 0 Å². The minimum Gasteiger partial charge on any atom is -0.394 e. The van der Waals surface area contributed by atoms with E-state index in [0.717, 1.165) is 5.56 Å². The first kappa shape index (κ1) is 36.5. The predicted octanol–water partition coefficient (Wildman–Crippen LogP) is 6.19. The highest BCUT2D eigenvalue weighted by Crippen LogP contribution is 2.65. The lowest BCUT2D eigenvalue weighted by molar-refractivity contribution is -0.160. The second-order valence-corrected chi connectivity index (χ2v) is 16.0. The van der Waals surface area contributed by atoms with Crippen molar-refractivity contribution in [2.45, 2.75) is 102 Å². The summed E-state index contributed by atoms with van der Waals surface area (Å²) in [4.78, 5) is 50.6. The SMILES string of the molecule is C=CCN(C(=O)[C@H]1[C@H]2C(=O)N([C@@H](CO)Cc3ccccc3)C(C(=O)N(CC=C)C(C)(C)CC(C)(C)C)C23CC[C@]1(CC)O3)c1ccccc1. The maximum atomic E-state index is 15.4. The first-order chi connectivity index (χ1) is 23.2. The van der Waals surface area contributed by atoms with Gasteiger partial charge in [-0.2, -0.15) is 0 Å². The molecule has 0 saturated carbocycles. The maximum absolute atomic E-state index is 15.4. The molecule has 2 bridgehead atoms. The summed E-state index contributed by atoms with van der Waals surface area (Å²) in [5, 5.41) is 11.0. The number of carbonyl (C=O) groups is 3. The smallest absolute Gasteiger partial charge is 0.249 e. The highest BCUT2D eigenvalue weighted by molar-refractivity contribution is 6.03. The number of hydrogen-bond acceptors (Lipinski definition) is 5. The number of rotatable bonds is 14. The molecule has 3 heterocycles. The van der Waals surface area contributed by atoms with Gasteiger partial charge in [-0.3, -0.25) is 14.4 Å². The van der Waals surface area contributed by atoms with Crippen molar-refractivity contribution in [2.24, 2.45) is 17.3 Å². The van der Waals surface area contributed by atoms with Crippen molar-refractivity contribution in [2.75, 3.05) is 24.6 Å². The van der Waals surface area contributed by atoms with Crippen molar-refractivity contribution in [1.82, 2.24) is 9.80 Å². The van der Waals surface area contributed by atoms with Crippen molar-refractivity contribution < 1.29 is 24.2 Å². The van der Waals surface area contributed by atoms with Crippen LogP contribution in [0.5, 0.6) is 0 Å². The number of aliphatic hydroxyl groups excluding tert-OH is 1. The Morgan fingerprint density at radius 3 is 2.14 bits per heavy atom. The van der Waals surface area contributed by atoms with Crippen LogP contribution in [0.25, 0.3) is 0 Å². The summed E-state index contributed by atoms with van der Waals surface area (Å²) in [6.07, 6.45) is 6.01. The third-order valence-electron chi connectivity index (χ3n) is 11.0. The van der Waals surface area contributed by atoms with Crippen molar-refractivity contribution in [3.05, 3.63) is 91.5 Å². The van der Waals surface area contributed by atoms with Crippen molar-refractivity contribution in [3.8, 4) is 0 Å². The van der Waals surface area contributed by atoms with Crippen LogP contribution >= 0.6 is 0 Å². The number of hydrogen-bond donors (Lipinski definition) is 1. The average molecular weight is 670 g/mol. The molecule has 3 aliphatic heterocycles. The Morgan fingerprint density at radius 1 is 0.980 bits per heavy atom. The Labute approximate surface area is 292 Å². The third-order valence-corrected chi connectivity index (χ3v) is 11.0. The summed E-state index contributed by atoms with van der Waals surface area (Å²) >= 11 is 0. The standard InChI is InChI=1S/C41H55N3O5/c1-9-24-42(30-20-16-13-17-21-30)35(46)32-33-36(47)44(31(27-45)26-29-18-14-12-15-19-29)34(41(33)23-22-40(32,11-3)49-41)37(48)43(25-10-2)39(7,8)28-38(4,5)6/h9-10,12-21,31-34,45H,1-2,11,22-28H2,3-8H3/t31-,32-,33+,34?,40+,41?/m1/s1. The second kappa shape index (κ2) is 13.9. The quantitative estimate of drug-likeness (QED) is 0.242. The van der Waals surface area contributed by atoms with Gasteiger partial charge in [0.05, 0.1) is 30.1 Å². The van der Waals surface area contributed by atoms with Crippen LogP contribution in [-0.4, -0.2) is 81.1 Å². The molecule has 2 unspecified atom stereocenters. The van der Waals surface area contributed by atoms with E-state index < -0.39 is 40.7 Å². The predicted molar refractivity (Wildman–Crippen MR) is 194 cm³/mol. The van der Waals surface area contributed by atoms with Gasteiger partial charge in [-0.15, -0.1) is 13.2 Å². The summed E-state index contributed by atoms with van der Waals surface area (Å²) in [6, 6.07) is 17.4. The number of anilines is 1. The maximum Gasteiger partial charge on any atom is 0.249 e. The molecule has 0 radical (unpaired) electrons. The van der Waals surface area contributed by atoms with E-state index in [4.69, 9.17) is 4.74 Å². The van der Waals surface area contributed by atoms with Crippen LogP contribution < -0.4 is 4.90 Å². The zero-order valence-electron chi connectivity index (χ0n) is 30.2. The normalized spacial score (nSPS) is 26.7. The Kier molecular flexibility index (Phi) is 10.3. The fraction of sp³-hybridized carbons (Fsp3) is 0.537. The fourth-order valence-corrected chi connectivity index (χ4v) is 9.37. The molecule has 3 saturated heterocycles. The van der Waals surface area contributed by atoms with Gasteiger partial charge in [-0.1, -0.05) is 88.4 Å². The topological polar surface area (TPSA) is 90.4 Å². The van der Waals surface area contributed by atoms with Crippen LogP contribution in [0.1, 0.15) is 72.8 Å². The minimum absolute atomic E-state index is 0.0890. The number of aliphatic hydroxyl groups is 1. The molecular formula is C41H55N3O5. The summed E-state index contributed by atoms with van der Waals surface area (Å²) in [5.41, 5.74) is -1.17. The lowest BCUT2D eigenvalue weighted by Crippen LogP contribution is -2.62. The van der Waals surface area contributed by atoms with Crippen molar-refractivity contribution in [1.29, 1.82) is 0 Å². The number of para-hydroxylation sites is 1. The Balaban J connectivity index is 1.67. The monoisotopic (exact) mass is 669 g/mol. The number of amides is 3. The molecule has 0 aromatic heterocycles. The summed E-state index contributed by atoms with van der Waals surface area (Å²) in [6.45, 7) is 20.7. The van der Waals surface area contributed by atoms with Crippen LogP contribution in [0.3, 0.4) is 0 Å². The largest absolute Gasteiger partial charge is 0.394 e. The highest BCUT2D eigenvalue weighted by Gasteiger charge is 2.79. The zero-order valence-corrected chi connectivity index (χ0v) is 30.2. The molecule has 3 aliphatic rings. The van der Waals surface area contributed by atoms with Gasteiger partial charge >= 0.3 is 0 Å². The molecule has 264 valence electrons. The van der Waals surface area contributed by atoms with Gasteiger partial charge in [-0.25, -0.2) is 0 Å². The number of likely N-dealkylation sites (tertiary alicyclic amines) is 1. The first-order valence-corrected chi connectivity index (χ1v) is 17.8. The lowest BCUT2D eigenvalue weighted by Gasteiger charge is -2.46. The summed E-state index contributed by atoms with van der Waals surface area (Å²) in [5.74, 6) is -2.45. The van der Waals surface area contributed by atoms with Gasteiger partial charge in [0.15, 0.2) is 0 Å². The van der Waals surface area contributed by atoms with Crippen molar-refractivity contribution in [3.63, 3.8) is 0 Å². The number of carbonyl (C=O) groups excluding carboxylic acids is 3. The Hall–Kier alpha value is -3.75. The molecule has 5 rings (SSSR count). The molecule has 6 atom stereocenters. The van der Waals surface area contributed by atoms with Gasteiger partial charge in [-0.05, 0) is 69.1 Å². The van der Waals surface area contributed by atoms with Gasteiger partial charge in [0.2, 0.25) is 17.7 Å². The van der Waals surface area contributed by atoms with Gasteiger partial charge < -0.3 is 24.5 Å². The van der Waals surface area contributed by atoms with E-state index in [1.165, 1.54) is 0 Å². The third kappa shape index (κ3) is 6.50. The number of nitrogens with zero attached hydrogens (tertiary/aromatic N) is 3. The molecule has 0 aliphatic carbocycles. The molecule has 49 heavy (non-hydrogen) atoms. The molecular weight excluding hydrogens is 614 g/mol. The van der Waals surface area contributed by atoms with E-state index in [-0.39, 0.29) is 42.8 Å². The van der Waals surface area contributed by atoms with Crippen LogP contribution in [0.15, 0.2) is 86.0 Å². The average Bonchev–Trinajstić information content (AvgIpc) is 3.67. The van der Waals surface area contributed by atoms with E-state index in [1.54, 1.807) is 22.0 Å². The van der Waals surface area contributed by atoms with E-state index in [2.05, 4.69) is 47.8 Å². The molecule has 3 fully saturated rings. The first-order valence-electron chi connectivity index (χ1n) is 17.8. The van der Waals surface area contributed by atoms with E-state index >= 15 is 9.59 Å². The molecule has 2 aromatic carbocycles. The molecule has 2 aromatic rings. The van der Waals surface area contributed by atoms with E-state index in [0.29, 0.717) is 37.8 Å². The highest BCUT2D eigenvalue weighted by atomic mass is 16.5. The summed E-state index contributed by atoms with van der Waals surface area (Å²) < 4.78 is 7.15. The second-order valence-electron chi connectivity index (χ2n) is 16.0. The van der Waals surface area contributed by atoms with Crippen LogP contribution in [0.4, 0.5) is 5.69 Å². The molecule has 1 spiro atoms. The molecule has 1 N–H and O–H groups in total. The Morgan fingerprint density at radius 2 is 1.59 bits per heavy atom. The van der Waals surface area contributed by atoms with Crippen LogP contribution in [-0.2, 0) is 25.5 Å². The number of benzene rings is 2. The Bertz CT molecular complexity index is 1540. The van der Waals surface area contributed by atoms with Crippen molar-refractivity contribution >= 4 is 23.4 Å². The fourth-order valence-electron chi connectivity index (χ4n) is 9.37. The molecule has 3 amide bonds. The number of ether oxygens (including phenoxy) is 1. The molecule has 8 nitrogen and oxygen atoms in total. The van der Waals surface area contributed by atoms with Crippen LogP contribution in [0, 0.1) is 17.3 Å². The minimum atomic E-state index is -1.23. The van der Waals surface area contributed by atoms with E-state index in [9.17, 15) is 9.90 Å². The van der Waals surface area contributed by atoms with Crippen LogP contribution in [0.2, 0.25) is 0 Å². The lowest BCUT2D eigenvalue weighted by atomic mass is 9.64.